The second-order valence-corrected chi connectivity index (χ2v) is 7.14. The van der Waals surface area contributed by atoms with E-state index in [0.717, 1.165) is 5.56 Å². The number of hydrogen-bond acceptors (Lipinski definition) is 6. The fraction of sp³-hybridized carbons (Fsp3) is 0.333. The van der Waals surface area contributed by atoms with Crippen LogP contribution in [0.5, 0.6) is 11.5 Å². The van der Waals surface area contributed by atoms with E-state index in [4.69, 9.17) is 14.2 Å². The Labute approximate surface area is 181 Å². The smallest absolute Gasteiger partial charge is 0.295 e. The highest BCUT2D eigenvalue weighted by Crippen LogP contribution is 2.43. The van der Waals surface area contributed by atoms with Crippen molar-refractivity contribution >= 4 is 17.4 Å². The average molecular weight is 425 g/mol. The molecule has 0 aliphatic carbocycles. The number of aryl methyl sites for hydroxylation is 1. The highest BCUT2D eigenvalue weighted by Gasteiger charge is 2.47. The Morgan fingerprint density at radius 1 is 1.13 bits per heavy atom. The second kappa shape index (κ2) is 9.66. The van der Waals surface area contributed by atoms with Crippen molar-refractivity contribution in [3.05, 3.63) is 64.7 Å². The molecule has 0 aromatic heterocycles. The molecule has 0 bridgehead atoms. The van der Waals surface area contributed by atoms with Crippen LogP contribution in [-0.4, -0.2) is 55.7 Å². The number of methoxy groups -OCH3 is 2. The summed E-state index contributed by atoms with van der Waals surface area (Å²) >= 11 is 0. The van der Waals surface area contributed by atoms with Gasteiger partial charge >= 0.3 is 0 Å². The molecular weight excluding hydrogens is 398 g/mol. The first-order chi connectivity index (χ1) is 14.9. The van der Waals surface area contributed by atoms with Crippen molar-refractivity contribution in [2.24, 2.45) is 0 Å². The summed E-state index contributed by atoms with van der Waals surface area (Å²) in [5.41, 5.74) is 1.84. The third-order valence-electron chi connectivity index (χ3n) is 5.28. The number of rotatable bonds is 8. The molecule has 1 atom stereocenters. The average Bonchev–Trinajstić information content (AvgIpc) is 3.02. The lowest BCUT2D eigenvalue weighted by molar-refractivity contribution is -0.140. The highest BCUT2D eigenvalue weighted by molar-refractivity contribution is 6.46. The van der Waals surface area contributed by atoms with Gasteiger partial charge in [0.25, 0.3) is 11.7 Å². The van der Waals surface area contributed by atoms with Crippen LogP contribution in [-0.2, 0) is 14.3 Å². The number of hydrogen-bond donors (Lipinski definition) is 1. The van der Waals surface area contributed by atoms with Gasteiger partial charge in [0.1, 0.15) is 17.3 Å². The normalized spacial score (nSPS) is 17.8. The Balaban J connectivity index is 2.22. The summed E-state index contributed by atoms with van der Waals surface area (Å²) < 4.78 is 16.1. The van der Waals surface area contributed by atoms with E-state index in [0.29, 0.717) is 29.2 Å². The zero-order chi connectivity index (χ0) is 22.5. The number of para-hydroxylation sites is 1. The Morgan fingerprint density at radius 3 is 2.52 bits per heavy atom. The minimum Gasteiger partial charge on any atom is -0.507 e. The summed E-state index contributed by atoms with van der Waals surface area (Å²) in [6.45, 7) is 4.54. The summed E-state index contributed by atoms with van der Waals surface area (Å²) in [5.74, 6) is -0.458. The van der Waals surface area contributed by atoms with Gasteiger partial charge in [-0.15, -0.1) is 0 Å². The van der Waals surface area contributed by atoms with Gasteiger partial charge in [0.2, 0.25) is 0 Å². The van der Waals surface area contributed by atoms with Gasteiger partial charge in [0.15, 0.2) is 0 Å². The number of aliphatic hydroxyl groups is 1. The molecule has 7 heteroatoms. The van der Waals surface area contributed by atoms with Crippen LogP contribution >= 0.6 is 0 Å². The van der Waals surface area contributed by atoms with E-state index in [1.165, 1.54) is 12.0 Å². The van der Waals surface area contributed by atoms with Crippen molar-refractivity contribution in [2.75, 3.05) is 34.0 Å². The first-order valence-electron chi connectivity index (χ1n) is 10.1. The number of ether oxygens (including phenoxy) is 3. The summed E-state index contributed by atoms with van der Waals surface area (Å²) in [7, 11) is 3.08. The van der Waals surface area contributed by atoms with Crippen molar-refractivity contribution in [3.8, 4) is 11.5 Å². The maximum absolute atomic E-state index is 13.1. The molecule has 3 rings (SSSR count). The van der Waals surface area contributed by atoms with Crippen molar-refractivity contribution < 1.29 is 28.9 Å². The van der Waals surface area contributed by atoms with E-state index in [1.807, 2.05) is 26.0 Å². The molecule has 7 nitrogen and oxygen atoms in total. The van der Waals surface area contributed by atoms with Gasteiger partial charge in [-0.1, -0.05) is 18.2 Å². The molecule has 2 aromatic rings. The molecular formula is C24H27NO6. The number of carbonyl (C=O) groups excluding carboxylic acids is 2. The monoisotopic (exact) mass is 425 g/mol. The van der Waals surface area contributed by atoms with E-state index < -0.39 is 17.7 Å². The van der Waals surface area contributed by atoms with Crippen LogP contribution < -0.4 is 9.47 Å². The summed E-state index contributed by atoms with van der Waals surface area (Å²) in [6, 6.07) is 11.6. The van der Waals surface area contributed by atoms with Crippen molar-refractivity contribution in [3.63, 3.8) is 0 Å². The van der Waals surface area contributed by atoms with Crippen LogP contribution in [0.15, 0.2) is 48.0 Å². The van der Waals surface area contributed by atoms with E-state index >= 15 is 0 Å². The van der Waals surface area contributed by atoms with Crippen molar-refractivity contribution in [1.29, 1.82) is 0 Å². The number of ketones is 1. The van der Waals surface area contributed by atoms with Crippen LogP contribution in [0.25, 0.3) is 5.76 Å². The molecule has 1 heterocycles. The van der Waals surface area contributed by atoms with Crippen LogP contribution in [0.4, 0.5) is 0 Å². The van der Waals surface area contributed by atoms with E-state index in [9.17, 15) is 14.7 Å². The van der Waals surface area contributed by atoms with E-state index in [-0.39, 0.29) is 24.5 Å². The Bertz CT molecular complexity index is 1010. The zero-order valence-electron chi connectivity index (χ0n) is 18.2. The summed E-state index contributed by atoms with van der Waals surface area (Å²) in [4.78, 5) is 27.4. The molecule has 0 spiro atoms. The van der Waals surface area contributed by atoms with Gasteiger partial charge < -0.3 is 24.2 Å². The fourth-order valence-electron chi connectivity index (χ4n) is 3.79. The third-order valence-corrected chi connectivity index (χ3v) is 5.28. The zero-order valence-corrected chi connectivity index (χ0v) is 18.2. The lowest BCUT2D eigenvalue weighted by Crippen LogP contribution is -2.32. The molecule has 1 amide bonds. The van der Waals surface area contributed by atoms with Gasteiger partial charge in [-0.05, 0) is 43.7 Å². The largest absolute Gasteiger partial charge is 0.507 e. The predicted octanol–water partition coefficient (Wildman–Crippen LogP) is 3.47. The topological polar surface area (TPSA) is 85.3 Å². The van der Waals surface area contributed by atoms with Crippen molar-refractivity contribution in [1.82, 2.24) is 4.90 Å². The van der Waals surface area contributed by atoms with Crippen LogP contribution in [0.2, 0.25) is 0 Å². The molecule has 1 unspecified atom stereocenters. The standard InChI is InChI=1S/C24H27NO6/c1-5-31-19-9-7-6-8-18(19)21-20(23(27)24(28)25(21)12-13-29-3)22(26)17-11-10-16(30-4)14-15(17)2/h6-11,14,21,26H,5,12-13H2,1-4H3. The molecule has 1 saturated heterocycles. The lowest BCUT2D eigenvalue weighted by Gasteiger charge is -2.26. The SMILES string of the molecule is CCOc1ccccc1C1C(=C(O)c2ccc(OC)cc2C)C(=O)C(=O)N1CCOC. The van der Waals surface area contributed by atoms with Gasteiger partial charge in [-0.25, -0.2) is 0 Å². The maximum atomic E-state index is 13.1. The highest BCUT2D eigenvalue weighted by atomic mass is 16.5. The van der Waals surface area contributed by atoms with Crippen LogP contribution in [0, 0.1) is 6.92 Å². The third kappa shape index (κ3) is 4.27. The number of Topliss-reactive ketones (excluding diaryl/α,β-unsaturated/α-hetero) is 1. The lowest BCUT2D eigenvalue weighted by atomic mass is 9.93. The Morgan fingerprint density at radius 2 is 1.87 bits per heavy atom. The van der Waals surface area contributed by atoms with Gasteiger partial charge in [-0.2, -0.15) is 0 Å². The molecule has 0 saturated carbocycles. The molecule has 1 fully saturated rings. The molecule has 0 radical (unpaired) electrons. The van der Waals surface area contributed by atoms with Crippen LogP contribution in [0.3, 0.4) is 0 Å². The molecule has 31 heavy (non-hydrogen) atoms. The first-order valence-corrected chi connectivity index (χ1v) is 10.1. The molecule has 1 N–H and O–H groups in total. The quantitative estimate of drug-likeness (QED) is 0.396. The molecule has 1 aliphatic heterocycles. The van der Waals surface area contributed by atoms with Crippen LogP contribution in [0.1, 0.15) is 29.7 Å². The number of carbonyl (C=O) groups is 2. The fourth-order valence-corrected chi connectivity index (χ4v) is 3.79. The minimum atomic E-state index is -0.792. The number of amides is 1. The Kier molecular flexibility index (Phi) is 6.97. The van der Waals surface area contributed by atoms with Crippen molar-refractivity contribution in [2.45, 2.75) is 19.9 Å². The number of benzene rings is 2. The van der Waals surface area contributed by atoms with Gasteiger partial charge in [0, 0.05) is 24.8 Å². The predicted molar refractivity (Wildman–Crippen MR) is 116 cm³/mol. The number of likely N-dealkylation sites (tertiary alicyclic amines) is 1. The second-order valence-electron chi connectivity index (χ2n) is 7.14. The minimum absolute atomic E-state index is 0.0292. The van der Waals surface area contributed by atoms with E-state index in [1.54, 1.807) is 37.4 Å². The Hall–Kier alpha value is -3.32. The number of nitrogens with zero attached hydrogens (tertiary/aromatic N) is 1. The number of aliphatic hydroxyl groups excluding tert-OH is 1. The molecule has 1 aliphatic rings. The maximum Gasteiger partial charge on any atom is 0.295 e. The summed E-state index contributed by atoms with van der Waals surface area (Å²) in [5, 5.41) is 11.2. The molecule has 2 aromatic carbocycles. The molecule has 164 valence electrons. The summed E-state index contributed by atoms with van der Waals surface area (Å²) in [6.07, 6.45) is 0. The van der Waals surface area contributed by atoms with Gasteiger partial charge in [-0.3, -0.25) is 9.59 Å². The first kappa shape index (κ1) is 22.4. The van der Waals surface area contributed by atoms with Gasteiger partial charge in [0.05, 0.1) is 31.9 Å². The van der Waals surface area contributed by atoms with E-state index in [2.05, 4.69) is 0 Å².